The van der Waals surface area contributed by atoms with Gasteiger partial charge in [-0.2, -0.15) is 0 Å². The summed E-state index contributed by atoms with van der Waals surface area (Å²) in [6.07, 6.45) is 10.0. The maximum atomic E-state index is 12.2. The summed E-state index contributed by atoms with van der Waals surface area (Å²) < 4.78 is 0. The van der Waals surface area contributed by atoms with Crippen molar-refractivity contribution in [3.05, 3.63) is 30.1 Å². The Labute approximate surface area is 126 Å². The second kappa shape index (κ2) is 7.03. The van der Waals surface area contributed by atoms with Gasteiger partial charge in [0, 0.05) is 37.9 Å². The standard InChI is InChI=1S/C17H25N3O/c21-17(4-3-14-5-9-18-10-6-14)20-11-7-16(8-12-20)19-13-15-1-2-15/h5-6,9-10,15-16,19H,1-4,7-8,11-13H2. The zero-order valence-corrected chi connectivity index (χ0v) is 12.6. The summed E-state index contributed by atoms with van der Waals surface area (Å²) in [7, 11) is 0. The molecule has 0 spiro atoms. The average Bonchev–Trinajstić information content (AvgIpc) is 3.36. The summed E-state index contributed by atoms with van der Waals surface area (Å²) in [6, 6.07) is 4.60. The first-order chi connectivity index (χ1) is 10.3. The maximum Gasteiger partial charge on any atom is 0.222 e. The summed E-state index contributed by atoms with van der Waals surface area (Å²) in [6.45, 7) is 3.01. The fourth-order valence-electron chi connectivity index (χ4n) is 2.95. The molecule has 1 amide bonds. The van der Waals surface area contributed by atoms with Crippen molar-refractivity contribution >= 4 is 5.91 Å². The molecule has 0 unspecified atom stereocenters. The van der Waals surface area contributed by atoms with E-state index < -0.39 is 0 Å². The molecular formula is C17H25N3O. The van der Waals surface area contributed by atoms with Crippen LogP contribution < -0.4 is 5.32 Å². The van der Waals surface area contributed by atoms with Gasteiger partial charge in [-0.25, -0.2) is 0 Å². The normalized spacial score (nSPS) is 19.7. The molecule has 1 aliphatic carbocycles. The molecule has 3 rings (SSSR count). The van der Waals surface area contributed by atoms with Crippen LogP contribution in [0.15, 0.2) is 24.5 Å². The smallest absolute Gasteiger partial charge is 0.222 e. The highest BCUT2D eigenvalue weighted by molar-refractivity contribution is 5.76. The molecule has 1 aliphatic heterocycles. The van der Waals surface area contributed by atoms with Crippen molar-refractivity contribution in [3.8, 4) is 0 Å². The van der Waals surface area contributed by atoms with Crippen LogP contribution in [0.1, 0.15) is 37.7 Å². The molecule has 2 heterocycles. The minimum absolute atomic E-state index is 0.299. The van der Waals surface area contributed by atoms with Crippen LogP contribution in [0.2, 0.25) is 0 Å². The molecule has 4 heteroatoms. The van der Waals surface area contributed by atoms with Gasteiger partial charge >= 0.3 is 0 Å². The van der Waals surface area contributed by atoms with E-state index in [1.807, 2.05) is 17.0 Å². The maximum absolute atomic E-state index is 12.2. The number of carbonyl (C=O) groups excluding carboxylic acids is 1. The molecule has 0 radical (unpaired) electrons. The van der Waals surface area contributed by atoms with E-state index in [-0.39, 0.29) is 0 Å². The van der Waals surface area contributed by atoms with Gasteiger partial charge in [0.25, 0.3) is 0 Å². The molecule has 1 saturated heterocycles. The first kappa shape index (κ1) is 14.5. The van der Waals surface area contributed by atoms with E-state index in [0.29, 0.717) is 18.4 Å². The second-order valence-corrected chi connectivity index (χ2v) is 6.36. The Morgan fingerprint density at radius 3 is 2.57 bits per heavy atom. The number of hydrogen-bond donors (Lipinski definition) is 1. The van der Waals surface area contributed by atoms with Crippen molar-refractivity contribution in [2.24, 2.45) is 5.92 Å². The van der Waals surface area contributed by atoms with Crippen molar-refractivity contribution < 1.29 is 4.79 Å². The minimum atomic E-state index is 0.299. The number of piperidine rings is 1. The molecule has 1 aromatic rings. The fraction of sp³-hybridized carbons (Fsp3) is 0.647. The Hall–Kier alpha value is -1.42. The number of nitrogens with zero attached hydrogens (tertiary/aromatic N) is 2. The van der Waals surface area contributed by atoms with Crippen LogP contribution in [-0.4, -0.2) is 41.5 Å². The lowest BCUT2D eigenvalue weighted by Gasteiger charge is -2.32. The SMILES string of the molecule is O=C(CCc1ccncc1)N1CCC(NCC2CC2)CC1. The summed E-state index contributed by atoms with van der Waals surface area (Å²) in [5.74, 6) is 1.23. The molecule has 0 aromatic carbocycles. The van der Waals surface area contributed by atoms with Gasteiger partial charge in [-0.1, -0.05) is 0 Å². The summed E-state index contributed by atoms with van der Waals surface area (Å²) >= 11 is 0. The summed E-state index contributed by atoms with van der Waals surface area (Å²) in [5.41, 5.74) is 1.19. The van der Waals surface area contributed by atoms with E-state index in [2.05, 4.69) is 10.3 Å². The highest BCUT2D eigenvalue weighted by Gasteiger charge is 2.25. The van der Waals surface area contributed by atoms with E-state index in [1.54, 1.807) is 12.4 Å². The van der Waals surface area contributed by atoms with Gasteiger partial charge < -0.3 is 10.2 Å². The predicted octanol–water partition coefficient (Wildman–Crippen LogP) is 2.00. The number of likely N-dealkylation sites (tertiary alicyclic amines) is 1. The molecule has 1 aromatic heterocycles. The van der Waals surface area contributed by atoms with Crippen molar-refractivity contribution in [2.45, 2.75) is 44.6 Å². The average molecular weight is 287 g/mol. The van der Waals surface area contributed by atoms with Crippen LogP contribution in [0.4, 0.5) is 0 Å². The highest BCUT2D eigenvalue weighted by atomic mass is 16.2. The summed E-state index contributed by atoms with van der Waals surface area (Å²) in [4.78, 5) is 18.3. The van der Waals surface area contributed by atoms with Crippen LogP contribution in [0.3, 0.4) is 0 Å². The number of hydrogen-bond acceptors (Lipinski definition) is 3. The van der Waals surface area contributed by atoms with Crippen LogP contribution in [0, 0.1) is 5.92 Å². The van der Waals surface area contributed by atoms with Crippen LogP contribution in [0.5, 0.6) is 0 Å². The Bertz CT molecular complexity index is 450. The monoisotopic (exact) mass is 287 g/mol. The van der Waals surface area contributed by atoms with Crippen molar-refractivity contribution in [1.82, 2.24) is 15.2 Å². The largest absolute Gasteiger partial charge is 0.343 e. The lowest BCUT2D eigenvalue weighted by Crippen LogP contribution is -2.45. The van der Waals surface area contributed by atoms with Gasteiger partial charge in [0.2, 0.25) is 5.91 Å². The van der Waals surface area contributed by atoms with Crippen molar-refractivity contribution in [2.75, 3.05) is 19.6 Å². The Kier molecular flexibility index (Phi) is 4.86. The van der Waals surface area contributed by atoms with Crippen LogP contribution in [-0.2, 0) is 11.2 Å². The van der Waals surface area contributed by atoms with E-state index in [0.717, 1.165) is 38.3 Å². The van der Waals surface area contributed by atoms with Gasteiger partial charge in [0.1, 0.15) is 0 Å². The van der Waals surface area contributed by atoms with E-state index in [4.69, 9.17) is 0 Å². The number of carbonyl (C=O) groups is 1. The zero-order chi connectivity index (χ0) is 14.5. The van der Waals surface area contributed by atoms with Gasteiger partial charge in [-0.3, -0.25) is 9.78 Å². The van der Waals surface area contributed by atoms with Gasteiger partial charge in [-0.05, 0) is 62.3 Å². The molecule has 1 N–H and O–H groups in total. The summed E-state index contributed by atoms with van der Waals surface area (Å²) in [5, 5.41) is 3.66. The predicted molar refractivity (Wildman–Crippen MR) is 82.9 cm³/mol. The first-order valence-corrected chi connectivity index (χ1v) is 8.21. The number of rotatable bonds is 6. The number of aromatic nitrogens is 1. The van der Waals surface area contributed by atoms with Crippen LogP contribution >= 0.6 is 0 Å². The van der Waals surface area contributed by atoms with E-state index in [1.165, 1.54) is 24.9 Å². The molecule has 1 saturated carbocycles. The van der Waals surface area contributed by atoms with E-state index >= 15 is 0 Å². The second-order valence-electron chi connectivity index (χ2n) is 6.36. The first-order valence-electron chi connectivity index (χ1n) is 8.21. The third-order valence-corrected chi connectivity index (χ3v) is 4.62. The number of amides is 1. The van der Waals surface area contributed by atoms with Crippen molar-refractivity contribution in [3.63, 3.8) is 0 Å². The molecule has 0 atom stereocenters. The Morgan fingerprint density at radius 2 is 1.90 bits per heavy atom. The fourth-order valence-corrected chi connectivity index (χ4v) is 2.95. The number of nitrogens with one attached hydrogen (secondary N) is 1. The Morgan fingerprint density at radius 1 is 1.19 bits per heavy atom. The van der Waals surface area contributed by atoms with Crippen LogP contribution in [0.25, 0.3) is 0 Å². The van der Waals surface area contributed by atoms with E-state index in [9.17, 15) is 4.79 Å². The molecule has 114 valence electrons. The molecule has 21 heavy (non-hydrogen) atoms. The van der Waals surface area contributed by atoms with Gasteiger partial charge in [0.05, 0.1) is 0 Å². The Balaban J connectivity index is 1.36. The molecular weight excluding hydrogens is 262 g/mol. The van der Waals surface area contributed by atoms with Gasteiger partial charge in [0.15, 0.2) is 0 Å². The van der Waals surface area contributed by atoms with Gasteiger partial charge in [-0.15, -0.1) is 0 Å². The lowest BCUT2D eigenvalue weighted by molar-refractivity contribution is -0.132. The number of pyridine rings is 1. The molecule has 2 fully saturated rings. The number of aryl methyl sites for hydroxylation is 1. The minimum Gasteiger partial charge on any atom is -0.343 e. The highest BCUT2D eigenvalue weighted by Crippen LogP contribution is 2.28. The van der Waals surface area contributed by atoms with Crippen molar-refractivity contribution in [1.29, 1.82) is 0 Å². The lowest BCUT2D eigenvalue weighted by atomic mass is 10.0. The quantitative estimate of drug-likeness (QED) is 0.870. The molecule has 2 aliphatic rings. The zero-order valence-electron chi connectivity index (χ0n) is 12.6. The molecule has 4 nitrogen and oxygen atoms in total. The third-order valence-electron chi connectivity index (χ3n) is 4.62. The third kappa shape index (κ3) is 4.53. The molecule has 0 bridgehead atoms. The topological polar surface area (TPSA) is 45.2 Å².